The first-order valence-electron chi connectivity index (χ1n) is 31.2. The Balaban J connectivity index is 0.000000140. The largest absolute Gasteiger partial charge is 0.349 e. The van der Waals surface area contributed by atoms with Gasteiger partial charge in [-0.3, -0.25) is 34.4 Å². The third-order valence-corrected chi connectivity index (χ3v) is 17.8. The van der Waals surface area contributed by atoms with Gasteiger partial charge in [-0.25, -0.2) is 9.67 Å². The van der Waals surface area contributed by atoms with Crippen molar-refractivity contribution in [2.24, 2.45) is 10.4 Å². The second-order valence-electron chi connectivity index (χ2n) is 29.9. The van der Waals surface area contributed by atoms with Crippen LogP contribution in [0.4, 0.5) is 5.69 Å². The molecule has 2 aromatic heterocycles. The van der Waals surface area contributed by atoms with E-state index in [1.165, 1.54) is 117 Å². The summed E-state index contributed by atoms with van der Waals surface area (Å²) >= 11 is 0. The molecule has 0 amide bonds. The number of rotatable bonds is 0. The number of fused-ring (bicyclic) bond motifs is 6. The molecule has 7 aliphatic rings. The smallest absolute Gasteiger partial charge is 0.141 e. The van der Waals surface area contributed by atoms with Gasteiger partial charge in [-0.15, -0.1) is 0 Å². The van der Waals surface area contributed by atoms with Crippen LogP contribution in [-0.2, 0) is 58.5 Å². The molecule has 0 bridgehead atoms. The zero-order valence-corrected chi connectivity index (χ0v) is 54.4. The number of aliphatic imine (C=N–C) groups is 1. The van der Waals surface area contributed by atoms with Crippen LogP contribution in [0, 0.1) is 5.41 Å². The Morgan fingerprint density at radius 3 is 1.47 bits per heavy atom. The molecule has 9 heterocycles. The zero-order chi connectivity index (χ0) is 59.0. The summed E-state index contributed by atoms with van der Waals surface area (Å²) in [5, 5.41) is 4.15. The summed E-state index contributed by atoms with van der Waals surface area (Å²) < 4.78 is 4.34. The highest BCUT2D eigenvalue weighted by molar-refractivity contribution is 5.97. The monoisotopic (exact) mass is 1110 g/mol. The summed E-state index contributed by atoms with van der Waals surface area (Å²) in [5.74, 6) is 1.08. The van der Waals surface area contributed by atoms with Crippen LogP contribution in [0.3, 0.4) is 0 Å². The lowest BCUT2D eigenvalue weighted by Gasteiger charge is -2.48. The van der Waals surface area contributed by atoms with Crippen LogP contribution in [0.15, 0.2) is 102 Å². The van der Waals surface area contributed by atoms with Crippen LogP contribution in [0.5, 0.6) is 0 Å². The molecule has 5 aromatic rings. The molecule has 2 fully saturated rings. The Morgan fingerprint density at radius 2 is 0.926 bits per heavy atom. The van der Waals surface area contributed by atoms with Crippen molar-refractivity contribution in [1.29, 1.82) is 0 Å². The third-order valence-electron chi connectivity index (χ3n) is 17.8. The van der Waals surface area contributed by atoms with Crippen LogP contribution < -0.4 is 0 Å². The number of para-hydroxylation sites is 1. The van der Waals surface area contributed by atoms with Gasteiger partial charge in [0.15, 0.2) is 0 Å². The van der Waals surface area contributed by atoms with Crippen LogP contribution >= 0.6 is 0 Å². The van der Waals surface area contributed by atoms with E-state index >= 15 is 0 Å². The topological polar surface area (TPSA) is 67.4 Å². The molecule has 11 nitrogen and oxygen atoms in total. The molecule has 0 N–H and O–H groups in total. The molecule has 1 atom stereocenters. The fraction of sp³-hybridized carbons (Fsp3) is 0.643. The van der Waals surface area contributed by atoms with E-state index in [0.29, 0.717) is 22.2 Å². The van der Waals surface area contributed by atoms with E-state index in [-0.39, 0.29) is 11.0 Å². The summed E-state index contributed by atoms with van der Waals surface area (Å²) in [6.07, 6.45) is 11.5. The quantitative estimate of drug-likeness (QED) is 0.152. The fourth-order valence-electron chi connectivity index (χ4n) is 12.0. The van der Waals surface area contributed by atoms with Gasteiger partial charge in [0.2, 0.25) is 0 Å². The summed E-state index contributed by atoms with van der Waals surface area (Å²) in [6, 6.07) is 31.2. The van der Waals surface area contributed by atoms with Gasteiger partial charge in [-0.1, -0.05) is 93.9 Å². The van der Waals surface area contributed by atoms with E-state index in [1.54, 1.807) is 6.33 Å². The first kappa shape index (κ1) is 64.1. The lowest BCUT2D eigenvalue weighted by molar-refractivity contribution is 0.00573. The first-order valence-corrected chi connectivity index (χ1v) is 31.2. The van der Waals surface area contributed by atoms with Crippen LogP contribution in [0.2, 0.25) is 0 Å². The Hall–Kier alpha value is -4.49. The van der Waals surface area contributed by atoms with Crippen molar-refractivity contribution in [2.45, 2.75) is 236 Å². The second-order valence-corrected chi connectivity index (χ2v) is 29.9. The lowest BCUT2D eigenvalue weighted by Crippen LogP contribution is -2.59. The predicted octanol–water partition coefficient (Wildman–Crippen LogP) is 14.0. The van der Waals surface area contributed by atoms with Crippen molar-refractivity contribution in [3.05, 3.63) is 137 Å². The highest BCUT2D eigenvalue weighted by Crippen LogP contribution is 2.33. The molecule has 2 saturated heterocycles. The van der Waals surface area contributed by atoms with E-state index in [4.69, 9.17) is 0 Å². The molecule has 446 valence electrons. The van der Waals surface area contributed by atoms with Gasteiger partial charge in [-0.2, -0.15) is 5.10 Å². The van der Waals surface area contributed by atoms with Gasteiger partial charge in [0.05, 0.1) is 18.8 Å². The highest BCUT2D eigenvalue weighted by atomic mass is 15.4. The summed E-state index contributed by atoms with van der Waals surface area (Å²) in [4.78, 5) is 24.3. The fourth-order valence-corrected chi connectivity index (χ4v) is 12.0. The van der Waals surface area contributed by atoms with E-state index in [1.807, 2.05) is 10.7 Å². The van der Waals surface area contributed by atoms with Gasteiger partial charge in [-0.05, 0) is 182 Å². The molecule has 81 heavy (non-hydrogen) atoms. The van der Waals surface area contributed by atoms with Gasteiger partial charge >= 0.3 is 0 Å². The van der Waals surface area contributed by atoms with Crippen molar-refractivity contribution >= 4 is 11.4 Å². The number of aromatic nitrogens is 4. The average Bonchev–Trinajstić information content (AvgIpc) is 4.32. The highest BCUT2D eigenvalue weighted by Gasteiger charge is 2.34. The Labute approximate surface area is 493 Å². The van der Waals surface area contributed by atoms with Gasteiger partial charge in [0.25, 0.3) is 0 Å². The Bertz CT molecular complexity index is 2630. The minimum Gasteiger partial charge on any atom is -0.349 e. The maximum absolute atomic E-state index is 4.64. The molecule has 0 aliphatic carbocycles. The minimum absolute atomic E-state index is 0.207. The number of hydrogen-bond acceptors (Lipinski definition) is 9. The van der Waals surface area contributed by atoms with E-state index in [9.17, 15) is 0 Å². The van der Waals surface area contributed by atoms with Crippen LogP contribution in [0.1, 0.15) is 183 Å². The number of benzene rings is 3. The van der Waals surface area contributed by atoms with Crippen LogP contribution in [0.25, 0.3) is 0 Å². The molecule has 0 radical (unpaired) electrons. The molecule has 0 saturated carbocycles. The van der Waals surface area contributed by atoms with E-state index in [2.05, 4.69) is 259 Å². The third kappa shape index (κ3) is 18.5. The molecule has 12 rings (SSSR count). The molecular weight excluding hydrogens is 995 g/mol. The normalized spacial score (nSPS) is 20.1. The number of piperazine rings is 1. The second kappa shape index (κ2) is 27.0. The molecule has 7 aliphatic heterocycles. The molecule has 3 aromatic carbocycles. The zero-order valence-electron chi connectivity index (χ0n) is 54.4. The van der Waals surface area contributed by atoms with Crippen molar-refractivity contribution in [2.75, 3.05) is 52.4 Å². The molecule has 11 heteroatoms. The lowest BCUT2D eigenvalue weighted by atomic mass is 9.87. The number of piperidine rings is 1. The predicted molar refractivity (Wildman–Crippen MR) is 343 cm³/mol. The SMILES string of the molecule is CC(C)(C)C1=Nc2ccccc2C1.CC(C)(C)N1CCN2CCCCC2C1.CC(C)(C)N1CCc2ccccc2C1.CC(C)(C)N1CCc2ccccc2C1.CC(C)(C)N1CCn2cccc2C1.CC(C)(C)N1CCn2ncnc2C1. The summed E-state index contributed by atoms with van der Waals surface area (Å²) in [7, 11) is 0. The van der Waals surface area contributed by atoms with Crippen molar-refractivity contribution in [3.63, 3.8) is 0 Å². The first-order chi connectivity index (χ1) is 37.9. The van der Waals surface area contributed by atoms with E-state index < -0.39 is 0 Å². The average molecular weight is 1110 g/mol. The van der Waals surface area contributed by atoms with Crippen molar-refractivity contribution < 1.29 is 0 Å². The molecule has 0 spiro atoms. The minimum atomic E-state index is 0.207. The summed E-state index contributed by atoms with van der Waals surface area (Å²) in [6.45, 7) is 57.2. The van der Waals surface area contributed by atoms with E-state index in [0.717, 1.165) is 69.8 Å². The number of nitrogens with zero attached hydrogens (tertiary/aromatic N) is 11. The van der Waals surface area contributed by atoms with Crippen LogP contribution in [-0.4, -0.2) is 141 Å². The molecule has 1 unspecified atom stereocenters. The van der Waals surface area contributed by atoms with Gasteiger partial charge < -0.3 is 4.57 Å². The maximum atomic E-state index is 4.64. The van der Waals surface area contributed by atoms with Crippen molar-refractivity contribution in [3.8, 4) is 0 Å². The maximum Gasteiger partial charge on any atom is 0.141 e. The van der Waals surface area contributed by atoms with Gasteiger partial charge in [0.1, 0.15) is 12.2 Å². The standard InChI is InChI=1S/2C13H19N.C12H24N2.C12H15N.C11H18N2.C9H16N4/c2*1-13(2,3)14-9-8-11-6-4-5-7-12(11)10-14;1-12(2,3)14-9-8-13-7-5-4-6-11(13)10-14;1-12(2,3)11-8-9-6-4-5-7-10(9)13-11;1-11(2,3)13-8-7-12-6-4-5-10(12)9-13;1-9(2,3)12-4-5-13-8(6-12)10-7-11-13/h2*4-7H,8-10H2,1-3H3;11H,4-10H2,1-3H3;4-7H,8H2,1-3H3;4-6H,7-9H2,1-3H3;7H,4-6H2,1-3H3. The Morgan fingerprint density at radius 1 is 0.432 bits per heavy atom. The molecular formula is C70H111N11. The summed E-state index contributed by atoms with van der Waals surface area (Å²) in [5.41, 5.74) is 13.1. The van der Waals surface area contributed by atoms with Gasteiger partial charge in [0, 0.05) is 135 Å². The number of hydrogen-bond donors (Lipinski definition) is 0. The van der Waals surface area contributed by atoms with Crippen molar-refractivity contribution in [1.82, 2.24) is 48.7 Å². The Kier molecular flexibility index (Phi) is 21.4.